The van der Waals surface area contributed by atoms with Crippen LogP contribution in [0.1, 0.15) is 51.2 Å². The second-order valence-corrected chi connectivity index (χ2v) is 8.26. The van der Waals surface area contributed by atoms with Gasteiger partial charge >= 0.3 is 0 Å². The van der Waals surface area contributed by atoms with Gasteiger partial charge in [0.1, 0.15) is 5.75 Å². The number of aromatic nitrogens is 2. The van der Waals surface area contributed by atoms with E-state index in [0.717, 1.165) is 13.0 Å². The van der Waals surface area contributed by atoms with Crippen LogP contribution in [-0.4, -0.2) is 42.3 Å². The first-order valence-electron chi connectivity index (χ1n) is 7.62. The molecule has 0 bridgehead atoms. The van der Waals surface area contributed by atoms with E-state index in [1.165, 1.54) is 25.5 Å². The van der Waals surface area contributed by atoms with Gasteiger partial charge in [-0.05, 0) is 31.7 Å². The highest BCUT2D eigenvalue weighted by Crippen LogP contribution is 2.27. The number of nitrogens with zero attached hydrogens (tertiary/aromatic N) is 3. The molecular formula is C14H25N3O3S. The molecule has 1 aromatic rings. The molecular weight excluding hydrogens is 290 g/mol. The van der Waals surface area contributed by atoms with Crippen LogP contribution in [0.3, 0.4) is 0 Å². The third-order valence-corrected chi connectivity index (χ3v) is 4.84. The van der Waals surface area contributed by atoms with Gasteiger partial charge in [-0.2, -0.15) is 4.98 Å². The van der Waals surface area contributed by atoms with Crippen molar-refractivity contribution in [3.63, 3.8) is 0 Å². The van der Waals surface area contributed by atoms with Crippen LogP contribution in [-0.2, 0) is 22.1 Å². The molecule has 2 rings (SSSR count). The molecule has 0 saturated carbocycles. The second-order valence-electron chi connectivity index (χ2n) is 6.12. The fourth-order valence-electron chi connectivity index (χ4n) is 3.11. The highest BCUT2D eigenvalue weighted by molar-refractivity contribution is 7.89. The van der Waals surface area contributed by atoms with Crippen LogP contribution < -0.4 is 0 Å². The zero-order chi connectivity index (χ0) is 15.5. The minimum atomic E-state index is -3.12. The van der Waals surface area contributed by atoms with Crippen LogP contribution in [0.4, 0.5) is 0 Å². The summed E-state index contributed by atoms with van der Waals surface area (Å²) < 4.78 is 27.7. The third kappa shape index (κ3) is 4.78. The monoisotopic (exact) mass is 315 g/mol. The molecule has 1 fully saturated rings. The molecule has 21 heavy (non-hydrogen) atoms. The molecule has 6 nitrogen and oxygen atoms in total. The summed E-state index contributed by atoms with van der Waals surface area (Å²) in [6, 6.07) is 0.550. The number of rotatable bonds is 6. The first kappa shape index (κ1) is 16.4. The van der Waals surface area contributed by atoms with Crippen molar-refractivity contribution in [1.29, 1.82) is 0 Å². The van der Waals surface area contributed by atoms with Gasteiger partial charge in [-0.15, -0.1) is 0 Å². The molecule has 1 aliphatic rings. The van der Waals surface area contributed by atoms with Crippen LogP contribution in [0.25, 0.3) is 0 Å². The standard InChI is InChI=1S/C14H25N3O3S/c1-4-6-12-11(2)7-5-8-17(12)9-14-15-13(16-20-14)10-21(3,18)19/h11-12H,4-10H2,1-3H3/t11-,12-/m1/s1. The van der Waals surface area contributed by atoms with E-state index in [0.29, 0.717) is 24.4 Å². The average Bonchev–Trinajstić information content (AvgIpc) is 2.78. The van der Waals surface area contributed by atoms with Crippen molar-refractivity contribution in [3.8, 4) is 0 Å². The predicted molar refractivity (Wildman–Crippen MR) is 80.3 cm³/mol. The maximum atomic E-state index is 11.2. The first-order valence-corrected chi connectivity index (χ1v) is 9.68. The summed E-state index contributed by atoms with van der Waals surface area (Å²) in [4.78, 5) is 6.61. The molecule has 2 heterocycles. The lowest BCUT2D eigenvalue weighted by Gasteiger charge is -2.39. The van der Waals surface area contributed by atoms with Crippen molar-refractivity contribution < 1.29 is 12.9 Å². The molecule has 0 radical (unpaired) electrons. The van der Waals surface area contributed by atoms with Crippen molar-refractivity contribution in [3.05, 3.63) is 11.7 Å². The van der Waals surface area contributed by atoms with Crippen molar-refractivity contribution in [2.45, 2.75) is 57.9 Å². The van der Waals surface area contributed by atoms with Crippen LogP contribution in [0.15, 0.2) is 4.52 Å². The largest absolute Gasteiger partial charge is 0.338 e. The second kappa shape index (κ2) is 6.87. The Bertz CT molecular complexity index is 556. The van der Waals surface area contributed by atoms with Gasteiger partial charge in [0.2, 0.25) is 5.89 Å². The first-order chi connectivity index (χ1) is 9.89. The maximum absolute atomic E-state index is 11.2. The van der Waals surface area contributed by atoms with Crippen molar-refractivity contribution in [2.75, 3.05) is 12.8 Å². The van der Waals surface area contributed by atoms with Crippen LogP contribution in [0.5, 0.6) is 0 Å². The summed E-state index contributed by atoms with van der Waals surface area (Å²) in [5, 5.41) is 3.77. The Balaban J connectivity index is 2.02. The molecule has 0 aliphatic carbocycles. The van der Waals surface area contributed by atoms with E-state index in [1.807, 2.05) is 0 Å². The summed E-state index contributed by atoms with van der Waals surface area (Å²) in [6.45, 7) is 6.16. The Morgan fingerprint density at radius 2 is 2.19 bits per heavy atom. The topological polar surface area (TPSA) is 76.3 Å². The lowest BCUT2D eigenvalue weighted by Crippen LogP contribution is -2.43. The lowest BCUT2D eigenvalue weighted by molar-refractivity contribution is 0.0756. The smallest absolute Gasteiger partial charge is 0.240 e. The maximum Gasteiger partial charge on any atom is 0.240 e. The molecule has 2 atom stereocenters. The highest BCUT2D eigenvalue weighted by atomic mass is 32.2. The van der Waals surface area contributed by atoms with E-state index in [2.05, 4.69) is 28.9 Å². The Labute approximate surface area is 126 Å². The summed E-state index contributed by atoms with van der Waals surface area (Å²) in [5.41, 5.74) is 0. The number of hydrogen-bond acceptors (Lipinski definition) is 6. The van der Waals surface area contributed by atoms with E-state index in [4.69, 9.17) is 4.52 Å². The quantitative estimate of drug-likeness (QED) is 0.799. The van der Waals surface area contributed by atoms with Gasteiger partial charge in [0.25, 0.3) is 0 Å². The van der Waals surface area contributed by atoms with E-state index < -0.39 is 9.84 Å². The summed E-state index contributed by atoms with van der Waals surface area (Å²) in [5.74, 6) is 1.29. The van der Waals surface area contributed by atoms with Crippen molar-refractivity contribution in [1.82, 2.24) is 15.0 Å². The summed E-state index contributed by atoms with van der Waals surface area (Å²) in [7, 11) is -3.12. The fraction of sp³-hybridized carbons (Fsp3) is 0.857. The minimum Gasteiger partial charge on any atom is -0.338 e. The zero-order valence-corrected chi connectivity index (χ0v) is 13.9. The number of sulfone groups is 1. The molecule has 0 unspecified atom stereocenters. The normalized spacial score (nSPS) is 24.3. The Kier molecular flexibility index (Phi) is 5.37. The van der Waals surface area contributed by atoms with E-state index in [1.54, 1.807) is 0 Å². The van der Waals surface area contributed by atoms with Gasteiger partial charge in [0, 0.05) is 12.3 Å². The predicted octanol–water partition coefficient (Wildman–Crippen LogP) is 2.01. The highest BCUT2D eigenvalue weighted by Gasteiger charge is 2.29. The SMILES string of the molecule is CCC[C@@H]1[C@H](C)CCCN1Cc1nc(CS(C)(=O)=O)no1. The van der Waals surface area contributed by atoms with Gasteiger partial charge in [-0.25, -0.2) is 8.42 Å². The van der Waals surface area contributed by atoms with Crippen LogP contribution in [0.2, 0.25) is 0 Å². The van der Waals surface area contributed by atoms with Gasteiger partial charge in [-0.3, -0.25) is 4.90 Å². The number of piperidine rings is 1. The Hall–Kier alpha value is -0.950. The third-order valence-electron chi connectivity index (χ3n) is 4.05. The lowest BCUT2D eigenvalue weighted by atomic mass is 9.88. The van der Waals surface area contributed by atoms with Crippen molar-refractivity contribution >= 4 is 9.84 Å². The Morgan fingerprint density at radius 3 is 2.86 bits per heavy atom. The van der Waals surface area contributed by atoms with E-state index >= 15 is 0 Å². The molecule has 0 aromatic carbocycles. The van der Waals surface area contributed by atoms with Crippen LogP contribution in [0, 0.1) is 5.92 Å². The van der Waals surface area contributed by atoms with Gasteiger partial charge in [0.15, 0.2) is 15.7 Å². The molecule has 0 spiro atoms. The Morgan fingerprint density at radius 1 is 1.43 bits per heavy atom. The average molecular weight is 315 g/mol. The molecule has 0 amide bonds. The van der Waals surface area contributed by atoms with Crippen molar-refractivity contribution in [2.24, 2.45) is 5.92 Å². The van der Waals surface area contributed by atoms with E-state index in [-0.39, 0.29) is 11.6 Å². The van der Waals surface area contributed by atoms with Gasteiger partial charge in [-0.1, -0.05) is 25.4 Å². The van der Waals surface area contributed by atoms with Gasteiger partial charge < -0.3 is 4.52 Å². The minimum absolute atomic E-state index is 0.161. The zero-order valence-electron chi connectivity index (χ0n) is 13.1. The fourth-order valence-corrected chi connectivity index (χ4v) is 3.70. The molecule has 1 aromatic heterocycles. The molecule has 120 valence electrons. The molecule has 1 saturated heterocycles. The molecule has 1 aliphatic heterocycles. The van der Waals surface area contributed by atoms with E-state index in [9.17, 15) is 8.42 Å². The van der Waals surface area contributed by atoms with Gasteiger partial charge in [0.05, 0.1) is 6.54 Å². The number of likely N-dealkylation sites (tertiary alicyclic amines) is 1. The summed E-state index contributed by atoms with van der Waals surface area (Å²) in [6.07, 6.45) is 5.96. The van der Waals surface area contributed by atoms with Crippen LogP contribution >= 0.6 is 0 Å². The summed E-state index contributed by atoms with van der Waals surface area (Å²) >= 11 is 0. The molecule has 7 heteroatoms. The molecule has 0 N–H and O–H groups in total. The number of hydrogen-bond donors (Lipinski definition) is 0.